The first-order valence-corrected chi connectivity index (χ1v) is 10.6. The molecule has 4 rings (SSSR count). The van der Waals surface area contributed by atoms with Gasteiger partial charge in [0.15, 0.2) is 0 Å². The fourth-order valence-corrected chi connectivity index (χ4v) is 4.50. The maximum absolute atomic E-state index is 12.8. The van der Waals surface area contributed by atoms with Crippen LogP contribution >= 0.6 is 15.9 Å². The van der Waals surface area contributed by atoms with Gasteiger partial charge in [0.05, 0.1) is 14.2 Å². The number of methoxy groups -OCH3 is 2. The van der Waals surface area contributed by atoms with Crippen LogP contribution in [0, 0.1) is 0 Å². The van der Waals surface area contributed by atoms with Gasteiger partial charge in [-0.05, 0) is 79.3 Å². The molecule has 29 heavy (non-hydrogen) atoms. The lowest BCUT2D eigenvalue weighted by atomic mass is 9.79. The molecule has 0 unspecified atom stereocenters. The molecule has 0 saturated carbocycles. The summed E-state index contributed by atoms with van der Waals surface area (Å²) < 4.78 is 11.5. The number of carbonyl (C=O) groups is 1. The molecule has 0 bridgehead atoms. The van der Waals surface area contributed by atoms with Crippen molar-refractivity contribution in [2.75, 3.05) is 19.1 Å². The van der Waals surface area contributed by atoms with Crippen LogP contribution in [0.15, 0.2) is 76.0 Å². The van der Waals surface area contributed by atoms with E-state index in [2.05, 4.69) is 51.2 Å². The van der Waals surface area contributed by atoms with Gasteiger partial charge in [0, 0.05) is 21.8 Å². The number of hydrogen-bond acceptors (Lipinski definition) is 4. The van der Waals surface area contributed by atoms with E-state index in [1.165, 1.54) is 30.4 Å². The number of ether oxygens (including phenoxy) is 2. The third-order valence-corrected chi connectivity index (χ3v) is 6.17. The number of allylic oxidation sites excluding steroid dienone is 3. The highest BCUT2D eigenvalue weighted by molar-refractivity contribution is 9.10. The zero-order chi connectivity index (χ0) is 20.4. The third-order valence-electron chi connectivity index (χ3n) is 5.65. The predicted molar refractivity (Wildman–Crippen MR) is 118 cm³/mol. The van der Waals surface area contributed by atoms with Crippen LogP contribution in [-0.2, 0) is 9.53 Å². The lowest BCUT2D eigenvalue weighted by molar-refractivity contribution is -0.136. The Balaban J connectivity index is 1.85. The van der Waals surface area contributed by atoms with Crippen molar-refractivity contribution in [2.45, 2.75) is 31.6 Å². The number of anilines is 1. The Labute approximate surface area is 179 Å². The Bertz CT molecular complexity index is 961. The average Bonchev–Trinajstić information content (AvgIpc) is 2.78. The van der Waals surface area contributed by atoms with Crippen LogP contribution in [0.25, 0.3) is 0 Å². The first-order valence-electron chi connectivity index (χ1n) is 9.84. The maximum atomic E-state index is 12.8. The standard InChI is InChI=1S/C24H24BrNO3/c1-28-19-13-11-18(12-14-19)26-22-6-4-3-5-20(22)21(15-23(26)24(27)29-2)16-7-9-17(25)10-8-16/h7-15,21H,3-6H2,1-2H3/t21-/m1/s1. The van der Waals surface area contributed by atoms with Crippen molar-refractivity contribution >= 4 is 27.6 Å². The van der Waals surface area contributed by atoms with Crippen LogP contribution in [0.2, 0.25) is 0 Å². The van der Waals surface area contributed by atoms with E-state index in [1.807, 2.05) is 24.3 Å². The first-order chi connectivity index (χ1) is 14.1. The van der Waals surface area contributed by atoms with Gasteiger partial charge in [-0.3, -0.25) is 0 Å². The second-order valence-corrected chi connectivity index (χ2v) is 8.20. The molecule has 0 spiro atoms. The second kappa shape index (κ2) is 8.46. The summed E-state index contributed by atoms with van der Waals surface area (Å²) in [5.41, 5.74) is 5.33. The van der Waals surface area contributed by atoms with Crippen molar-refractivity contribution in [1.82, 2.24) is 0 Å². The summed E-state index contributed by atoms with van der Waals surface area (Å²) in [5, 5.41) is 0. The van der Waals surface area contributed by atoms with Gasteiger partial charge in [0.25, 0.3) is 0 Å². The monoisotopic (exact) mass is 453 g/mol. The zero-order valence-corrected chi connectivity index (χ0v) is 18.2. The first kappa shape index (κ1) is 19.8. The van der Waals surface area contributed by atoms with Crippen molar-refractivity contribution in [3.05, 3.63) is 81.6 Å². The highest BCUT2D eigenvalue weighted by Gasteiger charge is 2.35. The van der Waals surface area contributed by atoms with E-state index < -0.39 is 0 Å². The van der Waals surface area contributed by atoms with E-state index in [0.717, 1.165) is 35.2 Å². The molecule has 0 amide bonds. The minimum atomic E-state index is -0.319. The highest BCUT2D eigenvalue weighted by atomic mass is 79.9. The molecular formula is C24H24BrNO3. The van der Waals surface area contributed by atoms with Crippen LogP contribution in [-0.4, -0.2) is 20.2 Å². The van der Waals surface area contributed by atoms with Crippen molar-refractivity contribution in [3.63, 3.8) is 0 Å². The molecule has 1 heterocycles. The minimum absolute atomic E-state index is 0.0852. The smallest absolute Gasteiger partial charge is 0.354 e. The molecule has 0 radical (unpaired) electrons. The van der Waals surface area contributed by atoms with Gasteiger partial charge in [0.1, 0.15) is 11.4 Å². The summed E-state index contributed by atoms with van der Waals surface area (Å²) >= 11 is 3.52. The predicted octanol–water partition coefficient (Wildman–Crippen LogP) is 5.95. The Morgan fingerprint density at radius 1 is 1.00 bits per heavy atom. The average molecular weight is 454 g/mol. The van der Waals surface area contributed by atoms with Gasteiger partial charge in [-0.2, -0.15) is 0 Å². The van der Waals surface area contributed by atoms with Crippen LogP contribution in [0.3, 0.4) is 0 Å². The van der Waals surface area contributed by atoms with E-state index in [0.29, 0.717) is 5.70 Å². The fourth-order valence-electron chi connectivity index (χ4n) is 4.24. The summed E-state index contributed by atoms with van der Waals surface area (Å²) in [6, 6.07) is 16.2. The van der Waals surface area contributed by atoms with Gasteiger partial charge in [0.2, 0.25) is 0 Å². The number of benzene rings is 2. The minimum Gasteiger partial charge on any atom is -0.497 e. The summed E-state index contributed by atoms with van der Waals surface area (Å²) in [7, 11) is 3.09. The number of halogens is 1. The zero-order valence-electron chi connectivity index (χ0n) is 16.7. The van der Waals surface area contributed by atoms with Crippen molar-refractivity contribution in [3.8, 4) is 5.75 Å². The molecule has 4 nitrogen and oxygen atoms in total. The van der Waals surface area contributed by atoms with E-state index in [-0.39, 0.29) is 11.9 Å². The molecule has 1 aliphatic heterocycles. The fraction of sp³-hybridized carbons (Fsp3) is 0.292. The number of hydrogen-bond donors (Lipinski definition) is 0. The van der Waals surface area contributed by atoms with Crippen molar-refractivity contribution in [2.24, 2.45) is 0 Å². The van der Waals surface area contributed by atoms with Gasteiger partial charge in [-0.25, -0.2) is 4.79 Å². The molecule has 0 N–H and O–H groups in total. The highest BCUT2D eigenvalue weighted by Crippen LogP contribution is 2.45. The summed E-state index contributed by atoms with van der Waals surface area (Å²) in [6.07, 6.45) is 6.33. The quantitative estimate of drug-likeness (QED) is 0.536. The Morgan fingerprint density at radius 3 is 2.34 bits per heavy atom. The maximum Gasteiger partial charge on any atom is 0.354 e. The summed E-state index contributed by atoms with van der Waals surface area (Å²) in [5.74, 6) is 0.557. The van der Waals surface area contributed by atoms with E-state index >= 15 is 0 Å². The number of rotatable bonds is 4. The number of nitrogens with zero attached hydrogens (tertiary/aromatic N) is 1. The number of carbonyl (C=O) groups excluding carboxylic acids is 1. The molecule has 0 aromatic heterocycles. The van der Waals surface area contributed by atoms with E-state index in [4.69, 9.17) is 9.47 Å². The molecule has 2 aliphatic rings. The van der Waals surface area contributed by atoms with Gasteiger partial charge >= 0.3 is 5.97 Å². The molecule has 1 aliphatic carbocycles. The molecule has 1 atom stereocenters. The van der Waals surface area contributed by atoms with E-state index in [1.54, 1.807) is 7.11 Å². The van der Waals surface area contributed by atoms with Crippen LogP contribution in [0.5, 0.6) is 5.75 Å². The van der Waals surface area contributed by atoms with Crippen LogP contribution in [0.4, 0.5) is 5.69 Å². The van der Waals surface area contributed by atoms with Crippen LogP contribution in [0.1, 0.15) is 37.2 Å². The largest absolute Gasteiger partial charge is 0.497 e. The molecular weight excluding hydrogens is 430 g/mol. The molecule has 5 heteroatoms. The third kappa shape index (κ3) is 3.84. The second-order valence-electron chi connectivity index (χ2n) is 7.29. The molecule has 150 valence electrons. The molecule has 0 saturated heterocycles. The molecule has 2 aromatic rings. The Hall–Kier alpha value is -2.53. The lowest BCUT2D eigenvalue weighted by Gasteiger charge is -2.39. The Kier molecular flexibility index (Phi) is 5.76. The summed E-state index contributed by atoms with van der Waals surface area (Å²) in [6.45, 7) is 0. The molecule has 2 aromatic carbocycles. The SMILES string of the molecule is COC(=O)C1=C[C@H](c2ccc(Br)cc2)C2=C(CCCC2)N1c1ccc(OC)cc1. The normalized spacial score (nSPS) is 18.8. The van der Waals surface area contributed by atoms with Gasteiger partial charge in [-0.15, -0.1) is 0 Å². The molecule has 0 fully saturated rings. The van der Waals surface area contributed by atoms with Crippen molar-refractivity contribution in [1.29, 1.82) is 0 Å². The van der Waals surface area contributed by atoms with E-state index in [9.17, 15) is 4.79 Å². The van der Waals surface area contributed by atoms with Crippen LogP contribution < -0.4 is 9.64 Å². The summed E-state index contributed by atoms with van der Waals surface area (Å²) in [4.78, 5) is 14.9. The van der Waals surface area contributed by atoms with Gasteiger partial charge in [-0.1, -0.05) is 28.1 Å². The number of esters is 1. The lowest BCUT2D eigenvalue weighted by Crippen LogP contribution is -2.34. The van der Waals surface area contributed by atoms with Gasteiger partial charge < -0.3 is 14.4 Å². The Morgan fingerprint density at radius 2 is 1.69 bits per heavy atom. The topological polar surface area (TPSA) is 38.8 Å². The van der Waals surface area contributed by atoms with Crippen molar-refractivity contribution < 1.29 is 14.3 Å².